The molecule has 250 valence electrons. The van der Waals surface area contributed by atoms with E-state index in [1.54, 1.807) is 13.2 Å². The van der Waals surface area contributed by atoms with Gasteiger partial charge in [-0.05, 0) is 73.6 Å². The summed E-state index contributed by atoms with van der Waals surface area (Å²) >= 11 is 0. The molecule has 0 bridgehead atoms. The Kier molecular flexibility index (Phi) is 9.46. The van der Waals surface area contributed by atoms with Crippen molar-refractivity contribution < 1.29 is 35.9 Å². The smallest absolute Gasteiger partial charge is 0.354 e. The molecule has 0 aliphatic heterocycles. The lowest BCUT2D eigenvalue weighted by atomic mass is 9.91. The molecule has 15 heteroatoms. The minimum atomic E-state index is -4.94. The van der Waals surface area contributed by atoms with Crippen molar-refractivity contribution >= 4 is 34.5 Å². The molecule has 1 aliphatic rings. The molecule has 2 aromatic heterocycles. The van der Waals surface area contributed by atoms with Crippen LogP contribution in [0.2, 0.25) is 0 Å². The Morgan fingerprint density at radius 1 is 0.936 bits per heavy atom. The molecule has 1 aliphatic carbocycles. The molecule has 47 heavy (non-hydrogen) atoms. The largest absolute Gasteiger partial charge is 0.416 e. The minimum absolute atomic E-state index is 0.0233. The fourth-order valence-electron chi connectivity index (χ4n) is 5.91. The maximum atomic E-state index is 13.5. The number of alkyl halides is 6. The highest BCUT2D eigenvalue weighted by Crippen LogP contribution is 2.37. The number of fused-ring (bicyclic) bond motifs is 1. The molecular weight excluding hydrogens is 628 g/mol. The number of nitrogens with one attached hydrogen (secondary N) is 3. The van der Waals surface area contributed by atoms with Crippen LogP contribution in [0, 0.1) is 0 Å². The summed E-state index contributed by atoms with van der Waals surface area (Å²) in [5, 5.41) is 13.8. The lowest BCUT2D eigenvalue weighted by molar-refractivity contribution is -0.142. The maximum absolute atomic E-state index is 13.5. The predicted octanol–water partition coefficient (Wildman–Crippen LogP) is 6.67. The molecule has 2 heterocycles. The summed E-state index contributed by atoms with van der Waals surface area (Å²) in [7, 11) is 1.62. The third-order valence-electron chi connectivity index (χ3n) is 8.14. The first-order valence-electron chi connectivity index (χ1n) is 15.1. The molecule has 9 nitrogen and oxygen atoms in total. The van der Waals surface area contributed by atoms with Gasteiger partial charge in [0.15, 0.2) is 5.82 Å². The summed E-state index contributed by atoms with van der Waals surface area (Å²) in [6.45, 7) is 3.50. The van der Waals surface area contributed by atoms with E-state index in [1.165, 1.54) is 17.7 Å². The summed E-state index contributed by atoms with van der Waals surface area (Å²) in [5.74, 6) is -0.461. The lowest BCUT2D eigenvalue weighted by Gasteiger charge is -2.29. The molecule has 1 saturated carbocycles. The number of anilines is 2. The average molecular weight is 662 g/mol. The number of hydrogen-bond donors (Lipinski definition) is 3. The molecule has 2 amide bonds. The first kappa shape index (κ1) is 33.7. The topological polar surface area (TPSA) is 114 Å². The highest BCUT2D eigenvalue weighted by Gasteiger charge is 2.37. The molecule has 0 saturated heterocycles. The van der Waals surface area contributed by atoms with E-state index in [9.17, 15) is 35.9 Å². The fraction of sp³-hybridized carbons (Fsp3) is 0.406. The summed E-state index contributed by atoms with van der Waals surface area (Å²) in [6, 6.07) is 6.69. The van der Waals surface area contributed by atoms with Gasteiger partial charge in [-0.1, -0.05) is 6.92 Å². The predicted molar refractivity (Wildman–Crippen MR) is 163 cm³/mol. The van der Waals surface area contributed by atoms with E-state index in [0.717, 1.165) is 47.7 Å². The molecule has 0 atom stereocenters. The molecule has 5 rings (SSSR count). The van der Waals surface area contributed by atoms with Gasteiger partial charge in [0.2, 0.25) is 17.8 Å². The number of aryl methyl sites for hydroxylation is 2. The van der Waals surface area contributed by atoms with Crippen LogP contribution >= 0.6 is 0 Å². The van der Waals surface area contributed by atoms with Crippen molar-refractivity contribution in [3.63, 3.8) is 0 Å². The second kappa shape index (κ2) is 13.2. The van der Waals surface area contributed by atoms with Crippen molar-refractivity contribution in [3.8, 4) is 11.3 Å². The molecule has 0 spiro atoms. The number of hydrogen-bond acceptors (Lipinski definition) is 6. The fourth-order valence-corrected chi connectivity index (χ4v) is 5.91. The van der Waals surface area contributed by atoms with Gasteiger partial charge in [0, 0.05) is 49.3 Å². The second-order valence-electron chi connectivity index (χ2n) is 11.6. The van der Waals surface area contributed by atoms with Crippen molar-refractivity contribution in [1.82, 2.24) is 25.1 Å². The highest BCUT2D eigenvalue weighted by atomic mass is 19.4. The van der Waals surface area contributed by atoms with Crippen LogP contribution in [0.25, 0.3) is 22.2 Å². The van der Waals surface area contributed by atoms with Gasteiger partial charge in [0.05, 0.1) is 28.8 Å². The van der Waals surface area contributed by atoms with Gasteiger partial charge in [-0.25, -0.2) is 9.97 Å². The molecule has 1 fully saturated rings. The van der Waals surface area contributed by atoms with E-state index >= 15 is 0 Å². The van der Waals surface area contributed by atoms with Crippen molar-refractivity contribution in [2.45, 2.75) is 76.8 Å². The Hall–Kier alpha value is -4.69. The Labute approximate surface area is 266 Å². The number of nitrogens with zero attached hydrogens (tertiary/aromatic N) is 4. The van der Waals surface area contributed by atoms with Gasteiger partial charge in [-0.3, -0.25) is 14.3 Å². The number of carbonyl (C=O) groups excluding carboxylic acids is 2. The van der Waals surface area contributed by atoms with Gasteiger partial charge in [-0.2, -0.15) is 31.4 Å². The van der Waals surface area contributed by atoms with Crippen molar-refractivity contribution in [2.24, 2.45) is 7.05 Å². The Morgan fingerprint density at radius 2 is 1.64 bits per heavy atom. The molecule has 4 aromatic rings. The van der Waals surface area contributed by atoms with Crippen LogP contribution in [0.4, 0.5) is 38.1 Å². The number of halogens is 6. The van der Waals surface area contributed by atoms with Crippen LogP contribution in [-0.4, -0.2) is 43.6 Å². The van der Waals surface area contributed by atoms with Crippen LogP contribution in [0.3, 0.4) is 0 Å². The first-order chi connectivity index (χ1) is 22.1. The number of benzene rings is 2. The summed E-state index contributed by atoms with van der Waals surface area (Å²) in [5.41, 5.74) is -0.414. The SMILES string of the molecule is CCc1cc(-c2cc(NC(=O)Cc3cc(C(F)(F)F)ccc3C(F)(F)F)nn2C)cc2cnc(N[C@H]3CC[C@H](NC(C)=O)CC3)nc12. The maximum Gasteiger partial charge on any atom is 0.416 e. The molecule has 2 aromatic carbocycles. The summed E-state index contributed by atoms with van der Waals surface area (Å²) in [4.78, 5) is 33.4. The number of aromatic nitrogens is 4. The zero-order chi connectivity index (χ0) is 34.1. The molecule has 3 N–H and O–H groups in total. The number of amides is 2. The van der Waals surface area contributed by atoms with E-state index < -0.39 is 41.4 Å². The van der Waals surface area contributed by atoms with Crippen LogP contribution in [-0.2, 0) is 41.8 Å². The van der Waals surface area contributed by atoms with Crippen LogP contribution in [0.1, 0.15) is 61.8 Å². The third-order valence-corrected chi connectivity index (χ3v) is 8.14. The Balaban J connectivity index is 1.32. The highest BCUT2D eigenvalue weighted by molar-refractivity contribution is 5.93. The Morgan fingerprint density at radius 3 is 2.28 bits per heavy atom. The summed E-state index contributed by atoms with van der Waals surface area (Å²) in [6.07, 6.45) is -4.94. The van der Waals surface area contributed by atoms with Gasteiger partial charge in [-0.15, -0.1) is 0 Å². The van der Waals surface area contributed by atoms with Crippen LogP contribution in [0.15, 0.2) is 42.6 Å². The van der Waals surface area contributed by atoms with E-state index in [1.807, 2.05) is 19.1 Å². The Bertz CT molecular complexity index is 1790. The van der Waals surface area contributed by atoms with Gasteiger partial charge in [0.1, 0.15) is 0 Å². The average Bonchev–Trinajstić information content (AvgIpc) is 3.35. The molecular formula is C32H33F6N7O2. The van der Waals surface area contributed by atoms with Gasteiger partial charge in [0.25, 0.3) is 0 Å². The van der Waals surface area contributed by atoms with E-state index in [0.29, 0.717) is 36.3 Å². The van der Waals surface area contributed by atoms with Crippen molar-refractivity contribution in [1.29, 1.82) is 0 Å². The van der Waals surface area contributed by atoms with E-state index in [-0.39, 0.29) is 23.8 Å². The minimum Gasteiger partial charge on any atom is -0.354 e. The van der Waals surface area contributed by atoms with Crippen molar-refractivity contribution in [3.05, 3.63) is 64.8 Å². The second-order valence-corrected chi connectivity index (χ2v) is 11.6. The monoisotopic (exact) mass is 661 g/mol. The first-order valence-corrected chi connectivity index (χ1v) is 15.1. The number of carbonyl (C=O) groups is 2. The molecule has 0 radical (unpaired) electrons. The zero-order valence-corrected chi connectivity index (χ0v) is 25.8. The normalized spacial score (nSPS) is 17.0. The summed E-state index contributed by atoms with van der Waals surface area (Å²) < 4.78 is 81.5. The van der Waals surface area contributed by atoms with Gasteiger partial charge < -0.3 is 16.0 Å². The number of rotatable bonds is 8. The lowest BCUT2D eigenvalue weighted by Crippen LogP contribution is -2.39. The quantitative estimate of drug-likeness (QED) is 0.182. The van der Waals surface area contributed by atoms with E-state index in [4.69, 9.17) is 4.98 Å². The van der Waals surface area contributed by atoms with Crippen LogP contribution < -0.4 is 16.0 Å². The standard InChI is InChI=1S/C32H33F6N7O2/c1-4-18-11-20(12-21-16-39-30(43-29(18)21)41-24-8-6-23(7-9-24)40-17(2)46)26-15-27(44-45(26)3)42-28(47)14-19-13-22(31(33,34)35)5-10-25(19)32(36,37)38/h5,10-13,15-16,23-24H,4,6-9,14H2,1-3H3,(H,40,46)(H,39,41,43)(H,42,44,47)/t23-,24-. The third kappa shape index (κ3) is 8.00. The molecule has 0 unspecified atom stereocenters. The zero-order valence-electron chi connectivity index (χ0n) is 25.8. The van der Waals surface area contributed by atoms with Crippen molar-refractivity contribution in [2.75, 3.05) is 10.6 Å². The van der Waals surface area contributed by atoms with Crippen LogP contribution in [0.5, 0.6) is 0 Å². The van der Waals surface area contributed by atoms with Gasteiger partial charge >= 0.3 is 12.4 Å². The van der Waals surface area contributed by atoms with E-state index in [2.05, 4.69) is 26.0 Å².